The second kappa shape index (κ2) is 13.0. The number of amides is 2. The number of sulfone groups is 1. The average Bonchev–Trinajstić information content (AvgIpc) is 3.47. The lowest BCUT2D eigenvalue weighted by Gasteiger charge is -2.47. The normalized spacial score (nSPS) is 21.1. The number of nitrogens with two attached hydrogens (primary N) is 1. The minimum Gasteiger partial charge on any atom is -0.482 e. The number of ether oxygens (including phenoxy) is 1. The Balaban J connectivity index is 1.32. The van der Waals surface area contributed by atoms with Crippen molar-refractivity contribution in [2.24, 2.45) is 11.7 Å². The van der Waals surface area contributed by atoms with Crippen molar-refractivity contribution in [2.75, 3.05) is 30.9 Å². The third-order valence-corrected chi connectivity index (χ3v) is 11.6. The first kappa shape index (κ1) is 35.1. The summed E-state index contributed by atoms with van der Waals surface area (Å²) in [4.78, 5) is 42.9. The second-order valence-electron chi connectivity index (χ2n) is 14.0. The average molecular weight is 743 g/mol. The van der Waals surface area contributed by atoms with Crippen molar-refractivity contribution in [3.05, 3.63) is 58.9 Å². The molecule has 51 heavy (non-hydrogen) atoms. The Bertz CT molecular complexity index is 2140. The molecule has 3 aromatic heterocycles. The molecular formula is C34H37ClF2N8O5S. The van der Waals surface area contributed by atoms with Crippen molar-refractivity contribution in [1.82, 2.24) is 29.6 Å². The molecule has 13 nitrogen and oxygen atoms in total. The molecule has 0 unspecified atom stereocenters. The first-order valence-electron chi connectivity index (χ1n) is 16.6. The Morgan fingerprint density at radius 1 is 1.18 bits per heavy atom. The van der Waals surface area contributed by atoms with Crippen LogP contribution in [0.5, 0.6) is 5.75 Å². The molecule has 17 heteroatoms. The van der Waals surface area contributed by atoms with Gasteiger partial charge < -0.3 is 10.5 Å². The van der Waals surface area contributed by atoms with E-state index >= 15 is 0 Å². The number of alkyl halides is 2. The zero-order valence-electron chi connectivity index (χ0n) is 28.2. The third-order valence-electron chi connectivity index (χ3n) is 9.84. The number of rotatable bonds is 9. The number of fused-ring (bicyclic) bond motifs is 2. The molecule has 3 aliphatic rings. The maximum absolute atomic E-state index is 13.7. The van der Waals surface area contributed by atoms with Crippen LogP contribution >= 0.6 is 11.6 Å². The molecule has 1 aliphatic carbocycles. The minimum absolute atomic E-state index is 0.0754. The van der Waals surface area contributed by atoms with E-state index in [2.05, 4.69) is 15.1 Å². The molecule has 0 spiro atoms. The summed E-state index contributed by atoms with van der Waals surface area (Å²) in [6.45, 7) is 4.31. The van der Waals surface area contributed by atoms with E-state index in [-0.39, 0.29) is 56.0 Å². The monoisotopic (exact) mass is 742 g/mol. The van der Waals surface area contributed by atoms with E-state index in [1.54, 1.807) is 29.1 Å². The zero-order valence-corrected chi connectivity index (χ0v) is 29.8. The van der Waals surface area contributed by atoms with Crippen LogP contribution in [0, 0.1) is 5.92 Å². The van der Waals surface area contributed by atoms with Crippen molar-refractivity contribution in [3.63, 3.8) is 0 Å². The number of likely N-dealkylation sites (tertiary alicyclic amines) is 1. The maximum atomic E-state index is 13.7. The summed E-state index contributed by atoms with van der Waals surface area (Å²) in [7, 11) is -3.66. The molecule has 2 aliphatic heterocycles. The summed E-state index contributed by atoms with van der Waals surface area (Å²) in [6, 6.07) is 4.17. The first-order valence-corrected chi connectivity index (χ1v) is 19.0. The van der Waals surface area contributed by atoms with E-state index in [1.807, 2.05) is 18.7 Å². The second-order valence-corrected chi connectivity index (χ2v) is 16.7. The number of hydrogen-bond acceptors (Lipinski definition) is 10. The lowest BCUT2D eigenvalue weighted by Crippen LogP contribution is -2.57. The van der Waals surface area contributed by atoms with Gasteiger partial charge in [-0.05, 0) is 36.5 Å². The largest absolute Gasteiger partial charge is 0.482 e. The number of carbonyl (C=O) groups is 2. The smallest absolute Gasteiger partial charge is 0.265 e. The number of hydrogen-bond donors (Lipinski definition) is 1. The van der Waals surface area contributed by atoms with Crippen molar-refractivity contribution in [2.45, 2.75) is 69.3 Å². The number of aromatic nitrogens is 5. The fraction of sp³-hybridized carbons (Fsp3) is 0.471. The predicted octanol–water partition coefficient (Wildman–Crippen LogP) is 4.22. The first-order chi connectivity index (χ1) is 24.1. The van der Waals surface area contributed by atoms with Crippen LogP contribution in [0.25, 0.3) is 22.2 Å². The number of halogens is 3. The van der Waals surface area contributed by atoms with Gasteiger partial charge in [0.1, 0.15) is 11.6 Å². The van der Waals surface area contributed by atoms with E-state index in [1.165, 1.54) is 17.3 Å². The molecule has 7 rings (SSSR count). The summed E-state index contributed by atoms with van der Waals surface area (Å²) in [5.74, 6) is -2.89. The highest BCUT2D eigenvalue weighted by molar-refractivity contribution is 7.91. The molecule has 270 valence electrons. The summed E-state index contributed by atoms with van der Waals surface area (Å²) >= 11 is 5.94. The molecule has 2 amide bonds. The molecule has 5 heterocycles. The van der Waals surface area contributed by atoms with Gasteiger partial charge in [-0.2, -0.15) is 5.10 Å². The predicted molar refractivity (Wildman–Crippen MR) is 186 cm³/mol. The molecule has 2 fully saturated rings. The molecule has 4 aromatic rings. The van der Waals surface area contributed by atoms with E-state index in [0.717, 1.165) is 6.26 Å². The van der Waals surface area contributed by atoms with Gasteiger partial charge in [0.15, 0.2) is 22.1 Å². The Labute approximate surface area is 298 Å². The number of nitrogens with zero attached hydrogens (tertiary/aromatic N) is 7. The number of carbonyl (C=O) groups excluding carboxylic acids is 2. The lowest BCUT2D eigenvalue weighted by molar-refractivity contribution is -0.128. The highest BCUT2D eigenvalue weighted by atomic mass is 35.5. The van der Waals surface area contributed by atoms with Crippen LogP contribution in [0.3, 0.4) is 0 Å². The van der Waals surface area contributed by atoms with Crippen molar-refractivity contribution >= 4 is 50.0 Å². The lowest BCUT2D eigenvalue weighted by atomic mass is 9.85. The quantitative estimate of drug-likeness (QED) is 0.262. The highest BCUT2D eigenvalue weighted by Gasteiger charge is 2.50. The van der Waals surface area contributed by atoms with Crippen LogP contribution < -0.4 is 15.4 Å². The van der Waals surface area contributed by atoms with Gasteiger partial charge in [0.05, 0.1) is 46.0 Å². The molecule has 2 atom stereocenters. The number of piperidine rings is 1. The van der Waals surface area contributed by atoms with Gasteiger partial charge in [-0.25, -0.2) is 36.8 Å². The van der Waals surface area contributed by atoms with E-state index in [0.29, 0.717) is 69.5 Å². The Morgan fingerprint density at radius 3 is 2.55 bits per heavy atom. The van der Waals surface area contributed by atoms with Crippen LogP contribution in [-0.2, 0) is 27.6 Å². The molecule has 1 saturated carbocycles. The van der Waals surface area contributed by atoms with Crippen LogP contribution in [0.15, 0.2) is 36.8 Å². The van der Waals surface area contributed by atoms with Crippen LogP contribution in [0.4, 0.5) is 14.5 Å². The number of pyridine rings is 1. The Kier molecular flexibility index (Phi) is 8.99. The van der Waals surface area contributed by atoms with Crippen molar-refractivity contribution in [3.8, 4) is 16.9 Å². The SMILES string of the molecule is CC(C)Cc1nc2c(cnn2[C@@H]2CCN(C3CC(F)(F)C3)C[C@H]2S(C)(=O)=O)c(-c2ccc3c(c2)OCC(=O)N3Cc2ncc(Cl)cn2)c1C(N)=O. The zero-order chi connectivity index (χ0) is 36.4. The molecule has 2 N–H and O–H groups in total. The topological polar surface area (TPSA) is 166 Å². The van der Waals surface area contributed by atoms with Gasteiger partial charge >= 0.3 is 0 Å². The molecule has 0 radical (unpaired) electrons. The number of benzene rings is 1. The van der Waals surface area contributed by atoms with E-state index in [9.17, 15) is 26.8 Å². The maximum Gasteiger partial charge on any atom is 0.265 e. The fourth-order valence-electron chi connectivity index (χ4n) is 7.39. The Morgan fingerprint density at radius 2 is 1.90 bits per heavy atom. The third kappa shape index (κ3) is 6.76. The summed E-state index contributed by atoms with van der Waals surface area (Å²) in [5.41, 5.74) is 8.55. The van der Waals surface area contributed by atoms with Gasteiger partial charge in [0, 0.05) is 61.6 Å². The van der Waals surface area contributed by atoms with Gasteiger partial charge in [0.25, 0.3) is 17.7 Å². The molecular weight excluding hydrogens is 706 g/mol. The number of primary amides is 1. The molecule has 0 bridgehead atoms. The number of anilines is 1. The van der Waals surface area contributed by atoms with Gasteiger partial charge in [-0.1, -0.05) is 31.5 Å². The summed E-state index contributed by atoms with van der Waals surface area (Å²) < 4.78 is 61.4. The Hall–Kier alpha value is -4.28. The highest BCUT2D eigenvalue weighted by Crippen LogP contribution is 2.44. The van der Waals surface area contributed by atoms with Crippen molar-refractivity contribution < 1.29 is 31.5 Å². The van der Waals surface area contributed by atoms with Gasteiger partial charge in [0.2, 0.25) is 0 Å². The van der Waals surface area contributed by atoms with Gasteiger partial charge in [-0.15, -0.1) is 0 Å². The van der Waals surface area contributed by atoms with Crippen LogP contribution in [-0.4, -0.2) is 93.0 Å². The standard InChI is InChI=1S/C34H37ClF2N8O5S/c1-18(2)8-23-31(32(38)47)30(19-4-5-24-26(9-19)50-17-29(46)44(24)16-28-39-12-20(35)13-40-28)22-14-41-45(33(22)42-23)25-6-7-43(15-27(25)51(3,48)49)21-10-34(36,37)11-21/h4-5,9,12-14,18,21,25,27H,6-8,10-11,15-17H2,1-3H3,(H2,38,47)/t25-,27-/m1/s1. The van der Waals surface area contributed by atoms with Gasteiger partial charge in [-0.3, -0.25) is 19.4 Å². The minimum atomic E-state index is -3.66. The molecule has 1 aromatic carbocycles. The van der Waals surface area contributed by atoms with E-state index in [4.69, 9.17) is 27.1 Å². The van der Waals surface area contributed by atoms with Crippen molar-refractivity contribution in [1.29, 1.82) is 0 Å². The van der Waals surface area contributed by atoms with Crippen LogP contribution in [0.2, 0.25) is 5.02 Å². The fourth-order valence-corrected chi connectivity index (χ4v) is 8.77. The van der Waals surface area contributed by atoms with E-state index < -0.39 is 33.0 Å². The van der Waals surface area contributed by atoms with Crippen LogP contribution in [0.1, 0.15) is 61.0 Å². The summed E-state index contributed by atoms with van der Waals surface area (Å²) in [6.07, 6.45) is 5.77. The summed E-state index contributed by atoms with van der Waals surface area (Å²) in [5, 5.41) is 4.58. The molecule has 1 saturated heterocycles.